The molecule has 1 unspecified atom stereocenters. The first-order valence-electron chi connectivity index (χ1n) is 12.6. The first kappa shape index (κ1) is 26.3. The summed E-state index contributed by atoms with van der Waals surface area (Å²) < 4.78 is 19.9. The molecule has 1 aromatic heterocycles. The maximum absolute atomic E-state index is 13.2. The zero-order valence-corrected chi connectivity index (χ0v) is 21.2. The van der Waals surface area contributed by atoms with Gasteiger partial charge in [0.05, 0.1) is 19.1 Å². The van der Waals surface area contributed by atoms with Gasteiger partial charge in [-0.1, -0.05) is 12.1 Å². The van der Waals surface area contributed by atoms with E-state index in [1.165, 1.54) is 34.8 Å². The van der Waals surface area contributed by atoms with Crippen LogP contribution in [0.25, 0.3) is 0 Å². The Morgan fingerprint density at radius 1 is 1.14 bits per heavy atom. The van der Waals surface area contributed by atoms with Crippen molar-refractivity contribution in [2.45, 2.75) is 39.3 Å². The van der Waals surface area contributed by atoms with Crippen LogP contribution in [0.1, 0.15) is 52.7 Å². The minimum Gasteiger partial charge on any atom is -0.466 e. The van der Waals surface area contributed by atoms with Crippen LogP contribution in [-0.2, 0) is 27.4 Å². The van der Waals surface area contributed by atoms with Gasteiger partial charge in [0.2, 0.25) is 5.91 Å². The van der Waals surface area contributed by atoms with Crippen molar-refractivity contribution in [3.05, 3.63) is 53.1 Å². The number of rotatable bonds is 7. The highest BCUT2D eigenvalue weighted by atomic mass is 19.1. The maximum atomic E-state index is 13.2. The van der Waals surface area contributed by atoms with Gasteiger partial charge < -0.3 is 19.4 Å². The normalized spacial score (nSPS) is 17.7. The molecular weight excluding hydrogens is 481 g/mol. The van der Waals surface area contributed by atoms with Crippen LogP contribution in [0.2, 0.25) is 0 Å². The van der Waals surface area contributed by atoms with Crippen LogP contribution < -0.4 is 0 Å². The Hall–Kier alpha value is -3.76. The number of amides is 3. The second kappa shape index (κ2) is 11.5. The Labute approximate surface area is 214 Å². The van der Waals surface area contributed by atoms with Crippen molar-refractivity contribution < 1.29 is 28.3 Å². The predicted octanol–water partition coefficient (Wildman–Crippen LogP) is 1.94. The molecule has 1 aromatic carbocycles. The van der Waals surface area contributed by atoms with E-state index in [-0.39, 0.29) is 48.3 Å². The fourth-order valence-electron chi connectivity index (χ4n) is 4.73. The number of hydrogen-bond donors (Lipinski definition) is 0. The standard InChI is InChI=1S/C26H32FN5O5/c1-3-37-26(36)19-6-4-11-30(16-19)23(33)17-29(2)24(34)21-14-22-25(35)31(12-5-13-32(22)28-21)15-18-7-9-20(27)10-8-18/h7-10,14,19H,3-6,11-13,15-17H2,1-2H3. The van der Waals surface area contributed by atoms with E-state index in [1.807, 2.05) is 0 Å². The lowest BCUT2D eigenvalue weighted by Crippen LogP contribution is -2.47. The number of aromatic nitrogens is 2. The number of benzene rings is 1. The molecule has 0 N–H and O–H groups in total. The highest BCUT2D eigenvalue weighted by Gasteiger charge is 2.31. The molecule has 0 bridgehead atoms. The Kier molecular flexibility index (Phi) is 8.20. The van der Waals surface area contributed by atoms with Crippen LogP contribution in [0.3, 0.4) is 0 Å². The van der Waals surface area contributed by atoms with Crippen molar-refractivity contribution in [1.29, 1.82) is 0 Å². The quantitative estimate of drug-likeness (QED) is 0.524. The number of piperidine rings is 1. The number of aryl methyl sites for hydroxylation is 1. The molecule has 3 amide bonds. The van der Waals surface area contributed by atoms with E-state index in [0.717, 1.165) is 5.56 Å². The molecule has 11 heteroatoms. The summed E-state index contributed by atoms with van der Waals surface area (Å²) in [6.07, 6.45) is 2.02. The second-order valence-corrected chi connectivity index (χ2v) is 9.44. The lowest BCUT2D eigenvalue weighted by atomic mass is 9.98. The SMILES string of the molecule is CCOC(=O)C1CCCN(C(=O)CN(C)C(=O)c2cc3n(n2)CCCN(Cc2ccc(F)cc2)C3=O)C1. The van der Waals surface area contributed by atoms with Crippen LogP contribution in [-0.4, -0.2) is 88.0 Å². The van der Waals surface area contributed by atoms with Crippen LogP contribution in [0.4, 0.5) is 4.39 Å². The van der Waals surface area contributed by atoms with Crippen LogP contribution in [0, 0.1) is 11.7 Å². The lowest BCUT2D eigenvalue weighted by Gasteiger charge is -2.32. The number of carbonyl (C=O) groups is 4. The van der Waals surface area contributed by atoms with E-state index in [9.17, 15) is 23.6 Å². The molecule has 2 aliphatic rings. The van der Waals surface area contributed by atoms with E-state index in [0.29, 0.717) is 57.7 Å². The minimum absolute atomic E-state index is 0.0883. The molecule has 3 heterocycles. The number of halogens is 1. The number of fused-ring (bicyclic) bond motifs is 1. The summed E-state index contributed by atoms with van der Waals surface area (Å²) in [5, 5.41) is 4.35. The Morgan fingerprint density at radius 3 is 2.62 bits per heavy atom. The fraction of sp³-hybridized carbons (Fsp3) is 0.500. The zero-order chi connectivity index (χ0) is 26.5. The molecular formula is C26H32FN5O5. The molecule has 1 saturated heterocycles. The van der Waals surface area contributed by atoms with Gasteiger partial charge in [-0.3, -0.25) is 23.9 Å². The molecule has 0 radical (unpaired) electrons. The average Bonchev–Trinajstić information content (AvgIpc) is 3.26. The van der Waals surface area contributed by atoms with E-state index in [2.05, 4.69) is 5.10 Å². The number of ether oxygens (including phenoxy) is 1. The highest BCUT2D eigenvalue weighted by Crippen LogP contribution is 2.20. The monoisotopic (exact) mass is 513 g/mol. The molecule has 0 spiro atoms. The van der Waals surface area contributed by atoms with Crippen molar-refractivity contribution >= 4 is 23.7 Å². The van der Waals surface area contributed by atoms with Gasteiger partial charge in [0.1, 0.15) is 11.5 Å². The summed E-state index contributed by atoms with van der Waals surface area (Å²) >= 11 is 0. The maximum Gasteiger partial charge on any atom is 0.310 e. The van der Waals surface area contributed by atoms with Crippen LogP contribution in [0.15, 0.2) is 30.3 Å². The fourth-order valence-corrected chi connectivity index (χ4v) is 4.73. The van der Waals surface area contributed by atoms with Crippen molar-refractivity contribution in [2.75, 3.05) is 39.8 Å². The molecule has 1 atom stereocenters. The number of nitrogens with zero attached hydrogens (tertiary/aromatic N) is 5. The summed E-state index contributed by atoms with van der Waals surface area (Å²) in [5.74, 6) is -1.98. The summed E-state index contributed by atoms with van der Waals surface area (Å²) in [6, 6.07) is 7.46. The van der Waals surface area contributed by atoms with Gasteiger partial charge >= 0.3 is 5.97 Å². The first-order chi connectivity index (χ1) is 17.8. The lowest BCUT2D eigenvalue weighted by molar-refractivity contribution is -0.151. The van der Waals surface area contributed by atoms with Crippen molar-refractivity contribution in [3.8, 4) is 0 Å². The third kappa shape index (κ3) is 6.15. The van der Waals surface area contributed by atoms with Gasteiger partial charge in [0.15, 0.2) is 5.69 Å². The van der Waals surface area contributed by atoms with E-state index >= 15 is 0 Å². The van der Waals surface area contributed by atoms with Crippen LogP contribution in [0.5, 0.6) is 0 Å². The number of hydrogen-bond acceptors (Lipinski definition) is 6. The second-order valence-electron chi connectivity index (χ2n) is 9.44. The van der Waals surface area contributed by atoms with E-state index < -0.39 is 5.91 Å². The molecule has 2 aliphatic heterocycles. The molecule has 2 aromatic rings. The zero-order valence-electron chi connectivity index (χ0n) is 21.2. The number of esters is 1. The number of likely N-dealkylation sites (tertiary alicyclic amines) is 1. The van der Waals surface area contributed by atoms with Gasteiger partial charge in [-0.25, -0.2) is 4.39 Å². The minimum atomic E-state index is -0.467. The van der Waals surface area contributed by atoms with Crippen molar-refractivity contribution in [2.24, 2.45) is 5.92 Å². The predicted molar refractivity (Wildman–Crippen MR) is 131 cm³/mol. The summed E-state index contributed by atoms with van der Waals surface area (Å²) in [5.41, 5.74) is 1.20. The van der Waals surface area contributed by atoms with Gasteiger partial charge in [0, 0.05) is 45.8 Å². The molecule has 0 saturated carbocycles. The molecule has 1 fully saturated rings. The average molecular weight is 514 g/mol. The summed E-state index contributed by atoms with van der Waals surface area (Å²) in [6.45, 7) is 3.98. The summed E-state index contributed by atoms with van der Waals surface area (Å²) in [4.78, 5) is 55.8. The van der Waals surface area contributed by atoms with Gasteiger partial charge in [-0.2, -0.15) is 5.10 Å². The van der Waals surface area contributed by atoms with Gasteiger partial charge in [0.25, 0.3) is 11.8 Å². The number of carbonyl (C=O) groups excluding carboxylic acids is 4. The van der Waals surface area contributed by atoms with Crippen molar-refractivity contribution in [1.82, 2.24) is 24.5 Å². The Bertz CT molecular complexity index is 1160. The molecule has 37 heavy (non-hydrogen) atoms. The van der Waals surface area contributed by atoms with E-state index in [1.54, 1.807) is 28.9 Å². The van der Waals surface area contributed by atoms with Crippen LogP contribution >= 0.6 is 0 Å². The molecule has 198 valence electrons. The highest BCUT2D eigenvalue weighted by molar-refractivity contribution is 5.99. The number of likely N-dealkylation sites (N-methyl/N-ethyl adjacent to an activating group) is 1. The largest absolute Gasteiger partial charge is 0.466 e. The molecule has 4 rings (SSSR count). The molecule has 0 aliphatic carbocycles. The smallest absolute Gasteiger partial charge is 0.310 e. The van der Waals surface area contributed by atoms with Gasteiger partial charge in [-0.15, -0.1) is 0 Å². The van der Waals surface area contributed by atoms with Crippen molar-refractivity contribution in [3.63, 3.8) is 0 Å². The van der Waals surface area contributed by atoms with E-state index in [4.69, 9.17) is 4.74 Å². The third-order valence-electron chi connectivity index (χ3n) is 6.70. The topological polar surface area (TPSA) is 105 Å². The molecule has 10 nitrogen and oxygen atoms in total. The Morgan fingerprint density at radius 2 is 1.89 bits per heavy atom. The summed E-state index contributed by atoms with van der Waals surface area (Å²) in [7, 11) is 1.51. The third-order valence-corrected chi connectivity index (χ3v) is 6.70. The first-order valence-corrected chi connectivity index (χ1v) is 12.6. The Balaban J connectivity index is 1.39. The van der Waals surface area contributed by atoms with Gasteiger partial charge in [-0.05, 0) is 43.9 Å².